The molecular formula is C21H16O. The minimum Gasteiger partial charge on any atom is -0.456 e. The molecule has 22 heavy (non-hydrogen) atoms. The summed E-state index contributed by atoms with van der Waals surface area (Å²) in [6.45, 7) is 2.18. The fourth-order valence-corrected chi connectivity index (χ4v) is 3.86. The van der Waals surface area contributed by atoms with E-state index in [4.69, 9.17) is 4.42 Å². The van der Waals surface area contributed by atoms with Crippen molar-refractivity contribution in [1.29, 1.82) is 0 Å². The van der Waals surface area contributed by atoms with Gasteiger partial charge in [-0.2, -0.15) is 0 Å². The second-order valence-electron chi connectivity index (χ2n) is 6.16. The van der Waals surface area contributed by atoms with E-state index in [0.717, 1.165) is 24.0 Å². The topological polar surface area (TPSA) is 13.1 Å². The zero-order valence-corrected chi connectivity index (χ0v) is 12.5. The van der Waals surface area contributed by atoms with Crippen LogP contribution in [0.1, 0.15) is 23.1 Å². The summed E-state index contributed by atoms with van der Waals surface area (Å²) in [5, 5.41) is 5.16. The van der Waals surface area contributed by atoms with Gasteiger partial charge in [0.05, 0.1) is 0 Å². The Hall–Kier alpha value is -2.54. The fourth-order valence-electron chi connectivity index (χ4n) is 3.86. The number of rotatable bonds is 0. The zero-order chi connectivity index (χ0) is 14.7. The molecule has 1 aromatic heterocycles. The Balaban J connectivity index is 2.09. The molecule has 0 unspecified atom stereocenters. The van der Waals surface area contributed by atoms with Gasteiger partial charge in [0.15, 0.2) is 0 Å². The zero-order valence-electron chi connectivity index (χ0n) is 12.5. The predicted molar refractivity (Wildman–Crippen MR) is 93.3 cm³/mol. The van der Waals surface area contributed by atoms with E-state index < -0.39 is 0 Å². The van der Waals surface area contributed by atoms with Gasteiger partial charge >= 0.3 is 0 Å². The quantitative estimate of drug-likeness (QED) is 0.385. The lowest BCUT2D eigenvalue weighted by Gasteiger charge is -2.14. The third kappa shape index (κ3) is 1.48. The highest BCUT2D eigenvalue weighted by Crippen LogP contribution is 2.40. The number of allylic oxidation sites excluding steroid dienone is 1. The van der Waals surface area contributed by atoms with E-state index in [2.05, 4.69) is 61.5 Å². The van der Waals surface area contributed by atoms with Gasteiger partial charge in [0.1, 0.15) is 11.2 Å². The second kappa shape index (κ2) is 4.23. The summed E-state index contributed by atoms with van der Waals surface area (Å²) in [7, 11) is 0. The van der Waals surface area contributed by atoms with Crippen molar-refractivity contribution in [3.63, 3.8) is 0 Å². The Morgan fingerprint density at radius 1 is 0.955 bits per heavy atom. The van der Waals surface area contributed by atoms with E-state index in [0.29, 0.717) is 0 Å². The maximum Gasteiger partial charge on any atom is 0.136 e. The first-order valence-electron chi connectivity index (χ1n) is 7.86. The first-order valence-corrected chi connectivity index (χ1v) is 7.86. The first kappa shape index (κ1) is 12.0. The highest BCUT2D eigenvalue weighted by molar-refractivity contribution is 6.20. The molecule has 1 heterocycles. The summed E-state index contributed by atoms with van der Waals surface area (Å²) in [6, 6.07) is 15.0. The minimum absolute atomic E-state index is 0.996. The lowest BCUT2D eigenvalue weighted by molar-refractivity contribution is 0.668. The molecule has 3 aromatic carbocycles. The molecule has 0 aliphatic heterocycles. The first-order chi connectivity index (χ1) is 10.8. The second-order valence-corrected chi connectivity index (χ2v) is 6.16. The summed E-state index contributed by atoms with van der Waals surface area (Å²) < 4.78 is 6.18. The molecule has 0 bridgehead atoms. The highest BCUT2D eigenvalue weighted by Gasteiger charge is 2.18. The molecule has 1 aliphatic carbocycles. The van der Waals surface area contributed by atoms with E-state index in [1.54, 1.807) is 0 Å². The number of hydrogen-bond donors (Lipinski definition) is 0. The monoisotopic (exact) mass is 284 g/mol. The maximum absolute atomic E-state index is 6.18. The molecule has 0 atom stereocenters. The smallest absolute Gasteiger partial charge is 0.136 e. The lowest BCUT2D eigenvalue weighted by Crippen LogP contribution is -1.97. The molecule has 4 aromatic rings. The van der Waals surface area contributed by atoms with Gasteiger partial charge in [-0.05, 0) is 59.4 Å². The average Bonchev–Trinajstić information content (AvgIpc) is 2.94. The van der Waals surface area contributed by atoms with Gasteiger partial charge in [0, 0.05) is 10.8 Å². The van der Waals surface area contributed by atoms with Crippen LogP contribution in [-0.4, -0.2) is 0 Å². The van der Waals surface area contributed by atoms with Crippen LogP contribution in [0, 0.1) is 6.92 Å². The van der Waals surface area contributed by atoms with Crippen LogP contribution in [0.25, 0.3) is 38.8 Å². The van der Waals surface area contributed by atoms with Crippen LogP contribution < -0.4 is 0 Å². The summed E-state index contributed by atoms with van der Waals surface area (Å²) in [5.41, 5.74) is 6.16. The van der Waals surface area contributed by atoms with Crippen molar-refractivity contribution in [3.05, 3.63) is 65.2 Å². The van der Waals surface area contributed by atoms with Crippen molar-refractivity contribution in [2.45, 2.75) is 19.8 Å². The molecule has 0 fully saturated rings. The van der Waals surface area contributed by atoms with Crippen LogP contribution >= 0.6 is 0 Å². The molecule has 1 nitrogen and oxygen atoms in total. The molecule has 0 amide bonds. The lowest BCUT2D eigenvalue weighted by atomic mass is 9.89. The van der Waals surface area contributed by atoms with Gasteiger partial charge in [0.2, 0.25) is 0 Å². The molecule has 1 heteroatoms. The molecule has 0 saturated carbocycles. The van der Waals surface area contributed by atoms with Crippen LogP contribution in [0.4, 0.5) is 0 Å². The summed E-state index contributed by atoms with van der Waals surface area (Å²) in [5.74, 6) is 0. The number of hydrogen-bond acceptors (Lipinski definition) is 1. The molecule has 0 N–H and O–H groups in total. The van der Waals surface area contributed by atoms with E-state index in [9.17, 15) is 0 Å². The standard InChI is InChI=1S/C21H16O/c1-13-12-19-21(17-9-5-4-7-15(13)17)20-16-8-3-2-6-14(16)10-11-18(20)22-19/h2-4,6-8,10-12H,5,9H2,1H3. The molecule has 106 valence electrons. The Kier molecular flexibility index (Phi) is 2.32. The van der Waals surface area contributed by atoms with E-state index >= 15 is 0 Å². The highest BCUT2D eigenvalue weighted by atomic mass is 16.3. The van der Waals surface area contributed by atoms with Crippen molar-refractivity contribution < 1.29 is 4.42 Å². The van der Waals surface area contributed by atoms with E-state index in [1.807, 2.05) is 0 Å². The van der Waals surface area contributed by atoms with Gasteiger partial charge in [0.25, 0.3) is 0 Å². The van der Waals surface area contributed by atoms with Crippen molar-refractivity contribution in [2.75, 3.05) is 0 Å². The summed E-state index contributed by atoms with van der Waals surface area (Å²) in [4.78, 5) is 0. The number of aryl methyl sites for hydroxylation is 2. The van der Waals surface area contributed by atoms with Gasteiger partial charge in [-0.1, -0.05) is 42.5 Å². The van der Waals surface area contributed by atoms with Crippen molar-refractivity contribution in [1.82, 2.24) is 0 Å². The van der Waals surface area contributed by atoms with Crippen LogP contribution in [0.15, 0.2) is 53.0 Å². The van der Waals surface area contributed by atoms with Crippen LogP contribution in [0.3, 0.4) is 0 Å². The van der Waals surface area contributed by atoms with Crippen molar-refractivity contribution >= 4 is 38.8 Å². The Morgan fingerprint density at radius 2 is 1.86 bits per heavy atom. The van der Waals surface area contributed by atoms with E-state index in [-0.39, 0.29) is 0 Å². The van der Waals surface area contributed by atoms with Crippen molar-refractivity contribution in [3.8, 4) is 0 Å². The SMILES string of the molecule is Cc1cc2oc3ccc4ccccc4c3c2c2c1C=CCC2. The van der Waals surface area contributed by atoms with Gasteiger partial charge in [-0.25, -0.2) is 0 Å². The fraction of sp³-hybridized carbons (Fsp3) is 0.143. The van der Waals surface area contributed by atoms with E-state index in [1.165, 1.54) is 38.2 Å². The third-order valence-electron chi connectivity index (χ3n) is 4.85. The van der Waals surface area contributed by atoms with Gasteiger partial charge in [-0.15, -0.1) is 0 Å². The molecule has 0 saturated heterocycles. The predicted octanol–water partition coefficient (Wildman–Crippen LogP) is 6.01. The Labute approximate surface area is 128 Å². The summed E-state index contributed by atoms with van der Waals surface area (Å²) >= 11 is 0. The largest absolute Gasteiger partial charge is 0.456 e. The molecule has 0 spiro atoms. The molecule has 5 rings (SSSR count). The molecular weight excluding hydrogens is 268 g/mol. The van der Waals surface area contributed by atoms with Crippen LogP contribution in [-0.2, 0) is 6.42 Å². The third-order valence-corrected chi connectivity index (χ3v) is 4.85. The summed E-state index contributed by atoms with van der Waals surface area (Å²) in [6.07, 6.45) is 6.77. The van der Waals surface area contributed by atoms with Gasteiger partial charge in [-0.3, -0.25) is 0 Å². The van der Waals surface area contributed by atoms with Gasteiger partial charge < -0.3 is 4.42 Å². The van der Waals surface area contributed by atoms with Crippen LogP contribution in [0.2, 0.25) is 0 Å². The maximum atomic E-state index is 6.18. The number of benzene rings is 3. The Morgan fingerprint density at radius 3 is 2.82 bits per heavy atom. The Bertz CT molecular complexity index is 1080. The number of fused-ring (bicyclic) bond motifs is 7. The normalized spacial score (nSPS) is 14.0. The number of furan rings is 1. The average molecular weight is 284 g/mol. The molecule has 0 radical (unpaired) electrons. The van der Waals surface area contributed by atoms with Crippen molar-refractivity contribution in [2.24, 2.45) is 0 Å². The van der Waals surface area contributed by atoms with Crippen LogP contribution in [0.5, 0.6) is 0 Å². The minimum atomic E-state index is 0.996. The molecule has 1 aliphatic rings.